The van der Waals surface area contributed by atoms with Crippen molar-refractivity contribution < 1.29 is 23.1 Å². The van der Waals surface area contributed by atoms with E-state index in [1.54, 1.807) is 0 Å². The number of sulfonamides is 1. The summed E-state index contributed by atoms with van der Waals surface area (Å²) in [4.78, 5) is 24.4. The highest BCUT2D eigenvalue weighted by molar-refractivity contribution is 7.89. The Hall–Kier alpha value is -2.33. The fourth-order valence-electron chi connectivity index (χ4n) is 2.98. The lowest BCUT2D eigenvalue weighted by molar-refractivity contribution is -0.115. The van der Waals surface area contributed by atoms with Gasteiger partial charge in [-0.3, -0.25) is 9.59 Å². The molecular formula is C19H19Cl2N3O5S. The molecule has 1 fully saturated rings. The number of aromatic hydroxyl groups is 1. The topological polar surface area (TPSA) is 116 Å². The van der Waals surface area contributed by atoms with Crippen molar-refractivity contribution in [3.05, 3.63) is 52.0 Å². The van der Waals surface area contributed by atoms with Crippen LogP contribution < -0.4 is 10.6 Å². The predicted molar refractivity (Wildman–Crippen MR) is 114 cm³/mol. The Morgan fingerprint density at radius 1 is 1.07 bits per heavy atom. The third kappa shape index (κ3) is 5.04. The van der Waals surface area contributed by atoms with Gasteiger partial charge in [0, 0.05) is 18.1 Å². The minimum absolute atomic E-state index is 0.0329. The summed E-state index contributed by atoms with van der Waals surface area (Å²) in [6.07, 6.45) is 1.58. The number of hydrogen-bond acceptors (Lipinski definition) is 5. The summed E-state index contributed by atoms with van der Waals surface area (Å²) in [6, 6.07) is 8.00. The summed E-state index contributed by atoms with van der Waals surface area (Å²) in [6.45, 7) is 0.453. The normalized spacial score (nSPS) is 14.5. The number of carbonyl (C=O) groups is 2. The first-order valence-corrected chi connectivity index (χ1v) is 11.2. The summed E-state index contributed by atoms with van der Waals surface area (Å²) in [5.74, 6) is -1.53. The van der Waals surface area contributed by atoms with E-state index < -0.39 is 28.4 Å². The minimum Gasteiger partial charge on any atom is -0.506 e. The number of hydrogen-bond donors (Lipinski definition) is 3. The van der Waals surface area contributed by atoms with Crippen molar-refractivity contribution in [2.45, 2.75) is 17.7 Å². The summed E-state index contributed by atoms with van der Waals surface area (Å²) >= 11 is 11.8. The lowest BCUT2D eigenvalue weighted by Crippen LogP contribution is -2.33. The molecule has 2 aromatic rings. The average Bonchev–Trinajstić information content (AvgIpc) is 3.23. The third-order valence-corrected chi connectivity index (χ3v) is 6.97. The van der Waals surface area contributed by atoms with Crippen LogP contribution in [0.25, 0.3) is 0 Å². The highest BCUT2D eigenvalue weighted by Crippen LogP contribution is 2.29. The van der Waals surface area contributed by atoms with Crippen LogP contribution in [0.5, 0.6) is 5.75 Å². The molecule has 0 radical (unpaired) electrons. The summed E-state index contributed by atoms with van der Waals surface area (Å²) < 4.78 is 26.7. The van der Waals surface area contributed by atoms with Crippen molar-refractivity contribution in [3.63, 3.8) is 0 Å². The number of phenols is 1. The number of halogens is 2. The van der Waals surface area contributed by atoms with Gasteiger partial charge in [-0.05, 0) is 49.2 Å². The predicted octanol–water partition coefficient (Wildman–Crippen LogP) is 2.85. The van der Waals surface area contributed by atoms with E-state index >= 15 is 0 Å². The first-order chi connectivity index (χ1) is 14.2. The molecule has 0 aromatic heterocycles. The van der Waals surface area contributed by atoms with Crippen molar-refractivity contribution in [1.29, 1.82) is 0 Å². The Labute approximate surface area is 183 Å². The Morgan fingerprint density at radius 2 is 1.77 bits per heavy atom. The molecule has 1 aliphatic rings. The van der Waals surface area contributed by atoms with Crippen LogP contribution >= 0.6 is 23.2 Å². The molecular weight excluding hydrogens is 453 g/mol. The molecule has 3 rings (SSSR count). The second-order valence-electron chi connectivity index (χ2n) is 6.65. The lowest BCUT2D eigenvalue weighted by atomic mass is 10.2. The number of phenolic OH excluding ortho intramolecular Hbond substituents is 1. The fraction of sp³-hybridized carbons (Fsp3) is 0.263. The van der Waals surface area contributed by atoms with Crippen LogP contribution in [0.1, 0.15) is 23.2 Å². The van der Waals surface area contributed by atoms with Gasteiger partial charge in [-0.2, -0.15) is 4.31 Å². The van der Waals surface area contributed by atoms with Crippen LogP contribution in [0.4, 0.5) is 5.69 Å². The quantitative estimate of drug-likeness (QED) is 0.560. The molecule has 30 heavy (non-hydrogen) atoms. The maximum atomic E-state index is 12.7. The van der Waals surface area contributed by atoms with Gasteiger partial charge in [0.25, 0.3) is 5.91 Å². The van der Waals surface area contributed by atoms with Crippen molar-refractivity contribution >= 4 is 50.7 Å². The van der Waals surface area contributed by atoms with E-state index in [9.17, 15) is 23.1 Å². The van der Waals surface area contributed by atoms with Crippen LogP contribution in [-0.2, 0) is 14.8 Å². The van der Waals surface area contributed by atoms with Crippen molar-refractivity contribution in [2.75, 3.05) is 25.0 Å². The highest BCUT2D eigenvalue weighted by Gasteiger charge is 2.28. The van der Waals surface area contributed by atoms with Crippen LogP contribution in [0, 0.1) is 0 Å². The zero-order valence-electron chi connectivity index (χ0n) is 15.7. The van der Waals surface area contributed by atoms with Crippen LogP contribution in [-0.4, -0.2) is 49.3 Å². The van der Waals surface area contributed by atoms with Gasteiger partial charge in [0.2, 0.25) is 15.9 Å². The van der Waals surface area contributed by atoms with Gasteiger partial charge in [0.05, 0.1) is 27.7 Å². The molecule has 2 aromatic carbocycles. The molecule has 0 spiro atoms. The Kier molecular flexibility index (Phi) is 6.87. The van der Waals surface area contributed by atoms with Crippen LogP contribution in [0.3, 0.4) is 0 Å². The van der Waals surface area contributed by atoms with E-state index in [-0.39, 0.29) is 26.9 Å². The number of nitrogens with one attached hydrogen (secondary N) is 2. The molecule has 0 unspecified atom stereocenters. The Morgan fingerprint density at radius 3 is 2.43 bits per heavy atom. The number of rotatable bonds is 6. The van der Waals surface area contributed by atoms with Crippen LogP contribution in [0.2, 0.25) is 10.0 Å². The molecule has 0 aliphatic carbocycles. The third-order valence-electron chi connectivity index (χ3n) is 4.53. The lowest BCUT2D eigenvalue weighted by Gasteiger charge is -2.17. The van der Waals surface area contributed by atoms with Crippen molar-refractivity contribution in [3.8, 4) is 5.75 Å². The van der Waals surface area contributed by atoms with Gasteiger partial charge < -0.3 is 15.7 Å². The zero-order chi connectivity index (χ0) is 21.9. The first kappa shape index (κ1) is 22.4. The summed E-state index contributed by atoms with van der Waals surface area (Å²) in [5.41, 5.74) is 0.0782. The van der Waals surface area contributed by atoms with E-state index in [1.165, 1.54) is 40.7 Å². The monoisotopic (exact) mass is 471 g/mol. The molecule has 0 atom stereocenters. The molecule has 1 saturated heterocycles. The molecule has 1 aliphatic heterocycles. The maximum absolute atomic E-state index is 12.7. The second-order valence-corrected chi connectivity index (χ2v) is 9.43. The fourth-order valence-corrected chi connectivity index (χ4v) is 5.02. The first-order valence-electron chi connectivity index (χ1n) is 9.05. The van der Waals surface area contributed by atoms with Gasteiger partial charge in [-0.25, -0.2) is 8.42 Å². The molecule has 1 heterocycles. The van der Waals surface area contributed by atoms with Gasteiger partial charge in [-0.1, -0.05) is 23.2 Å². The number of benzene rings is 2. The number of anilines is 1. The van der Waals surface area contributed by atoms with E-state index in [0.29, 0.717) is 18.1 Å². The van der Waals surface area contributed by atoms with E-state index in [4.69, 9.17) is 23.2 Å². The number of amides is 2. The second kappa shape index (κ2) is 9.22. The van der Waals surface area contributed by atoms with Gasteiger partial charge in [0.15, 0.2) is 0 Å². The summed E-state index contributed by atoms with van der Waals surface area (Å²) in [5, 5.41) is 15.3. The molecule has 11 heteroatoms. The Balaban J connectivity index is 1.67. The van der Waals surface area contributed by atoms with Gasteiger partial charge in [0.1, 0.15) is 5.75 Å². The van der Waals surface area contributed by atoms with Gasteiger partial charge in [-0.15, -0.1) is 0 Å². The highest BCUT2D eigenvalue weighted by atomic mass is 35.5. The van der Waals surface area contributed by atoms with E-state index in [1.807, 2.05) is 0 Å². The van der Waals surface area contributed by atoms with Crippen molar-refractivity contribution in [2.24, 2.45) is 0 Å². The number of carbonyl (C=O) groups excluding carboxylic acids is 2. The Bertz CT molecular complexity index is 1090. The van der Waals surface area contributed by atoms with E-state index in [0.717, 1.165) is 12.8 Å². The molecule has 0 saturated carbocycles. The zero-order valence-corrected chi connectivity index (χ0v) is 18.0. The van der Waals surface area contributed by atoms with Crippen molar-refractivity contribution in [1.82, 2.24) is 9.62 Å². The van der Waals surface area contributed by atoms with E-state index in [2.05, 4.69) is 10.6 Å². The van der Waals surface area contributed by atoms with Crippen LogP contribution in [0.15, 0.2) is 41.3 Å². The molecule has 3 N–H and O–H groups in total. The molecule has 2 amide bonds. The molecule has 8 nitrogen and oxygen atoms in total. The standard InChI is InChI=1S/C19H19Cl2N3O5S/c20-12-3-5-14(15(21)9-12)19(27)22-11-18(26)23-16-10-13(4-6-17(16)25)30(28,29)24-7-1-2-8-24/h3-6,9-10,25H,1-2,7-8,11H2,(H,22,27)(H,23,26). The van der Waals surface area contributed by atoms with Gasteiger partial charge >= 0.3 is 0 Å². The maximum Gasteiger partial charge on any atom is 0.253 e. The largest absolute Gasteiger partial charge is 0.506 e. The number of nitrogens with zero attached hydrogens (tertiary/aromatic N) is 1. The molecule has 160 valence electrons. The molecule has 0 bridgehead atoms. The SMILES string of the molecule is O=C(CNC(=O)c1ccc(Cl)cc1Cl)Nc1cc(S(=O)(=O)N2CCCC2)ccc1O. The minimum atomic E-state index is -3.71. The average molecular weight is 472 g/mol. The smallest absolute Gasteiger partial charge is 0.253 e. The summed E-state index contributed by atoms with van der Waals surface area (Å²) in [7, 11) is -3.71.